The molecule has 18 heavy (non-hydrogen) atoms. The average molecular weight is 248 g/mol. The van der Waals surface area contributed by atoms with E-state index in [1.54, 1.807) is 0 Å². The van der Waals surface area contributed by atoms with E-state index in [4.69, 9.17) is 9.84 Å². The fourth-order valence-corrected chi connectivity index (χ4v) is 2.77. The van der Waals surface area contributed by atoms with Crippen molar-refractivity contribution in [3.8, 4) is 0 Å². The molecule has 0 bridgehead atoms. The minimum atomic E-state index is 0.151. The van der Waals surface area contributed by atoms with Gasteiger partial charge in [0.1, 0.15) is 0 Å². The Bertz CT molecular complexity index is 406. The fraction of sp³-hybridized carbons (Fsp3) is 0.625. The topological polar surface area (TPSA) is 29.5 Å². The van der Waals surface area contributed by atoms with Crippen molar-refractivity contribution in [2.45, 2.75) is 44.9 Å². The smallest absolute Gasteiger partial charge is 0.0585 e. The van der Waals surface area contributed by atoms with Crippen molar-refractivity contribution in [2.24, 2.45) is 0 Å². The monoisotopic (exact) mass is 248 g/mol. The molecule has 0 aliphatic carbocycles. The Kier molecular flexibility index (Phi) is 4.08. The lowest BCUT2D eigenvalue weighted by atomic mass is 9.72. The first-order chi connectivity index (χ1) is 8.59. The molecule has 1 saturated heterocycles. The SMILES string of the molecule is Cc1ccc(C(C)C)cc1C1(CCCO)COC1. The second-order valence-corrected chi connectivity index (χ2v) is 5.83. The maximum Gasteiger partial charge on any atom is 0.0585 e. The van der Waals surface area contributed by atoms with Crippen molar-refractivity contribution < 1.29 is 9.84 Å². The molecule has 0 unspecified atom stereocenters. The van der Waals surface area contributed by atoms with Crippen LogP contribution in [0.15, 0.2) is 18.2 Å². The van der Waals surface area contributed by atoms with Crippen LogP contribution in [0.4, 0.5) is 0 Å². The molecule has 100 valence electrons. The zero-order valence-corrected chi connectivity index (χ0v) is 11.7. The maximum absolute atomic E-state index is 9.07. The van der Waals surface area contributed by atoms with E-state index in [0.29, 0.717) is 5.92 Å². The number of aliphatic hydroxyl groups excluding tert-OH is 1. The maximum atomic E-state index is 9.07. The van der Waals surface area contributed by atoms with Gasteiger partial charge in [-0.05, 0) is 42.4 Å². The summed E-state index contributed by atoms with van der Waals surface area (Å²) in [6.45, 7) is 8.51. The average Bonchev–Trinajstić information content (AvgIpc) is 2.29. The minimum absolute atomic E-state index is 0.151. The molecule has 0 atom stereocenters. The van der Waals surface area contributed by atoms with Gasteiger partial charge in [0.2, 0.25) is 0 Å². The van der Waals surface area contributed by atoms with Crippen LogP contribution in [-0.4, -0.2) is 24.9 Å². The Hall–Kier alpha value is -0.860. The van der Waals surface area contributed by atoms with Gasteiger partial charge in [-0.1, -0.05) is 32.0 Å². The highest BCUT2D eigenvalue weighted by Crippen LogP contribution is 2.39. The molecule has 0 spiro atoms. The third-order valence-corrected chi connectivity index (χ3v) is 4.07. The summed E-state index contributed by atoms with van der Waals surface area (Å²) >= 11 is 0. The molecule has 2 heteroatoms. The van der Waals surface area contributed by atoms with Gasteiger partial charge in [-0.15, -0.1) is 0 Å². The normalized spacial score (nSPS) is 17.8. The van der Waals surface area contributed by atoms with Crippen LogP contribution in [0, 0.1) is 6.92 Å². The van der Waals surface area contributed by atoms with Crippen molar-refractivity contribution >= 4 is 0 Å². The van der Waals surface area contributed by atoms with Crippen LogP contribution in [0.2, 0.25) is 0 Å². The number of aryl methyl sites for hydroxylation is 1. The molecule has 1 aromatic rings. The van der Waals surface area contributed by atoms with Crippen LogP contribution >= 0.6 is 0 Å². The van der Waals surface area contributed by atoms with Crippen LogP contribution in [0.25, 0.3) is 0 Å². The number of aliphatic hydroxyl groups is 1. The Balaban J connectivity index is 2.32. The van der Waals surface area contributed by atoms with Crippen LogP contribution < -0.4 is 0 Å². The lowest BCUT2D eigenvalue weighted by molar-refractivity contribution is -0.0668. The molecule has 1 N–H and O–H groups in total. The summed E-state index contributed by atoms with van der Waals surface area (Å²) in [6.07, 6.45) is 1.88. The van der Waals surface area contributed by atoms with E-state index in [0.717, 1.165) is 26.1 Å². The van der Waals surface area contributed by atoms with Gasteiger partial charge in [-0.25, -0.2) is 0 Å². The van der Waals surface area contributed by atoms with E-state index in [1.807, 2.05) is 0 Å². The van der Waals surface area contributed by atoms with E-state index in [9.17, 15) is 0 Å². The molecule has 2 rings (SSSR count). The molecule has 1 aromatic carbocycles. The molecule has 0 amide bonds. The molecule has 1 aliphatic heterocycles. The number of ether oxygens (including phenoxy) is 1. The number of hydrogen-bond acceptors (Lipinski definition) is 2. The molecule has 0 aromatic heterocycles. The van der Waals surface area contributed by atoms with Crippen LogP contribution in [0.5, 0.6) is 0 Å². The highest BCUT2D eigenvalue weighted by molar-refractivity contribution is 5.39. The van der Waals surface area contributed by atoms with Gasteiger partial charge in [0.15, 0.2) is 0 Å². The lowest BCUT2D eigenvalue weighted by Gasteiger charge is -2.43. The van der Waals surface area contributed by atoms with E-state index >= 15 is 0 Å². The third kappa shape index (κ3) is 2.45. The highest BCUT2D eigenvalue weighted by Gasteiger charge is 2.40. The lowest BCUT2D eigenvalue weighted by Crippen LogP contribution is -2.47. The summed E-state index contributed by atoms with van der Waals surface area (Å²) < 4.78 is 5.46. The van der Waals surface area contributed by atoms with Crippen molar-refractivity contribution in [3.63, 3.8) is 0 Å². The van der Waals surface area contributed by atoms with Gasteiger partial charge in [0, 0.05) is 12.0 Å². The van der Waals surface area contributed by atoms with Gasteiger partial charge < -0.3 is 9.84 Å². The van der Waals surface area contributed by atoms with Crippen molar-refractivity contribution in [1.82, 2.24) is 0 Å². The zero-order chi connectivity index (χ0) is 13.2. The molecule has 0 radical (unpaired) electrons. The largest absolute Gasteiger partial charge is 0.396 e. The molecule has 1 heterocycles. The molecule has 0 saturated carbocycles. The van der Waals surface area contributed by atoms with Gasteiger partial charge in [-0.3, -0.25) is 0 Å². The summed E-state index contributed by atoms with van der Waals surface area (Å²) in [5, 5.41) is 9.07. The van der Waals surface area contributed by atoms with E-state index < -0.39 is 0 Å². The molecular formula is C16H24O2. The first-order valence-corrected chi connectivity index (χ1v) is 6.89. The molecular weight excluding hydrogens is 224 g/mol. The van der Waals surface area contributed by atoms with Gasteiger partial charge in [0.25, 0.3) is 0 Å². The van der Waals surface area contributed by atoms with Gasteiger partial charge in [0.05, 0.1) is 13.2 Å². The molecule has 1 aliphatic rings. The van der Waals surface area contributed by atoms with Crippen LogP contribution in [0.3, 0.4) is 0 Å². The van der Waals surface area contributed by atoms with Crippen LogP contribution in [0.1, 0.15) is 49.3 Å². The van der Waals surface area contributed by atoms with E-state index in [1.165, 1.54) is 16.7 Å². The first kappa shape index (κ1) is 13.6. The predicted octanol–water partition coefficient (Wildman–Crippen LogP) is 3.16. The highest BCUT2D eigenvalue weighted by atomic mass is 16.5. The summed E-state index contributed by atoms with van der Waals surface area (Å²) in [4.78, 5) is 0. The summed E-state index contributed by atoms with van der Waals surface area (Å²) in [5.41, 5.74) is 4.32. The van der Waals surface area contributed by atoms with Crippen molar-refractivity contribution in [2.75, 3.05) is 19.8 Å². The fourth-order valence-electron chi connectivity index (χ4n) is 2.77. The second kappa shape index (κ2) is 5.41. The summed E-state index contributed by atoms with van der Waals surface area (Å²) in [5.74, 6) is 0.556. The number of hydrogen-bond donors (Lipinski definition) is 1. The predicted molar refractivity (Wildman–Crippen MR) is 74.1 cm³/mol. The first-order valence-electron chi connectivity index (χ1n) is 6.89. The minimum Gasteiger partial charge on any atom is -0.396 e. The Morgan fingerprint density at radius 1 is 1.33 bits per heavy atom. The summed E-state index contributed by atoms with van der Waals surface area (Å²) in [7, 11) is 0. The zero-order valence-electron chi connectivity index (χ0n) is 11.7. The quantitative estimate of drug-likeness (QED) is 0.867. The summed E-state index contributed by atoms with van der Waals surface area (Å²) in [6, 6.07) is 6.80. The van der Waals surface area contributed by atoms with E-state index in [2.05, 4.69) is 39.0 Å². The van der Waals surface area contributed by atoms with Crippen molar-refractivity contribution in [1.29, 1.82) is 0 Å². The van der Waals surface area contributed by atoms with Crippen LogP contribution in [-0.2, 0) is 10.2 Å². The third-order valence-electron chi connectivity index (χ3n) is 4.07. The number of benzene rings is 1. The van der Waals surface area contributed by atoms with Crippen molar-refractivity contribution in [3.05, 3.63) is 34.9 Å². The van der Waals surface area contributed by atoms with E-state index in [-0.39, 0.29) is 12.0 Å². The second-order valence-electron chi connectivity index (χ2n) is 5.83. The van der Waals surface area contributed by atoms with Gasteiger partial charge >= 0.3 is 0 Å². The standard InChI is InChI=1S/C16H24O2/c1-12(2)14-6-5-13(3)15(9-14)16(7-4-8-17)10-18-11-16/h5-6,9,12,17H,4,7-8,10-11H2,1-3H3. The molecule has 1 fully saturated rings. The Morgan fingerprint density at radius 3 is 2.56 bits per heavy atom. The van der Waals surface area contributed by atoms with Gasteiger partial charge in [-0.2, -0.15) is 0 Å². The molecule has 2 nitrogen and oxygen atoms in total. The number of rotatable bonds is 5. The Labute approximate surface area is 110 Å². The Morgan fingerprint density at radius 2 is 2.06 bits per heavy atom.